The van der Waals surface area contributed by atoms with Crippen molar-refractivity contribution in [1.82, 2.24) is 10.2 Å². The molecule has 1 saturated heterocycles. The zero-order chi connectivity index (χ0) is 14.7. The Labute approximate surface area is 127 Å². The number of hydrogen-bond donors (Lipinski definition) is 2. The number of amides is 2. The summed E-state index contributed by atoms with van der Waals surface area (Å²) in [5, 5.41) is 3.25. The molecule has 3 N–H and O–H groups in total. The van der Waals surface area contributed by atoms with Crippen LogP contribution >= 0.6 is 23.2 Å². The van der Waals surface area contributed by atoms with Crippen LogP contribution in [0.25, 0.3) is 0 Å². The summed E-state index contributed by atoms with van der Waals surface area (Å²) in [6.07, 6.45) is 1.47. The minimum absolute atomic E-state index is 0.129. The molecule has 0 spiro atoms. The van der Waals surface area contributed by atoms with E-state index < -0.39 is 0 Å². The van der Waals surface area contributed by atoms with Crippen molar-refractivity contribution in [3.05, 3.63) is 27.7 Å². The van der Waals surface area contributed by atoms with Gasteiger partial charge in [0.1, 0.15) is 0 Å². The molecule has 1 fully saturated rings. The molecular formula is C13H15Cl2N3O2. The van der Waals surface area contributed by atoms with Gasteiger partial charge in [-0.2, -0.15) is 0 Å². The molecule has 1 heterocycles. The number of anilines is 1. The van der Waals surface area contributed by atoms with Gasteiger partial charge in [-0.25, -0.2) is 0 Å². The molecule has 1 aromatic rings. The molecule has 5 nitrogen and oxygen atoms in total. The van der Waals surface area contributed by atoms with Crippen LogP contribution < -0.4 is 11.1 Å². The maximum absolute atomic E-state index is 12.0. The predicted molar refractivity (Wildman–Crippen MR) is 79.0 cm³/mol. The molecule has 2 rings (SSSR count). The number of nitrogens with two attached hydrogens (primary N) is 1. The average molecular weight is 316 g/mol. The Morgan fingerprint density at radius 3 is 2.80 bits per heavy atom. The van der Waals surface area contributed by atoms with E-state index in [2.05, 4.69) is 5.32 Å². The third-order valence-corrected chi connectivity index (χ3v) is 3.79. The first kappa shape index (κ1) is 14.9. The van der Waals surface area contributed by atoms with Crippen molar-refractivity contribution in [3.8, 4) is 0 Å². The van der Waals surface area contributed by atoms with Crippen molar-refractivity contribution in [2.75, 3.05) is 25.4 Å². The molecule has 7 heteroatoms. The van der Waals surface area contributed by atoms with Crippen LogP contribution in [0.2, 0.25) is 10.0 Å². The number of nitrogen functional groups attached to an aromatic ring is 1. The normalized spacial score (nSPS) is 14.7. The number of hydrogen-bond acceptors (Lipinski definition) is 3. The largest absolute Gasteiger partial charge is 0.397 e. The Morgan fingerprint density at radius 2 is 2.15 bits per heavy atom. The van der Waals surface area contributed by atoms with E-state index in [1.54, 1.807) is 4.90 Å². The van der Waals surface area contributed by atoms with Crippen LogP contribution in [0.15, 0.2) is 12.1 Å². The second-order valence-electron chi connectivity index (χ2n) is 4.60. The molecule has 0 bridgehead atoms. The van der Waals surface area contributed by atoms with Gasteiger partial charge in [0.2, 0.25) is 5.91 Å². The van der Waals surface area contributed by atoms with Crippen LogP contribution in [0.4, 0.5) is 5.69 Å². The SMILES string of the molecule is Nc1cc(Cl)cc(C(=O)NCCN2CCCC2=O)c1Cl. The Balaban J connectivity index is 1.93. The third kappa shape index (κ3) is 3.35. The lowest BCUT2D eigenvalue weighted by atomic mass is 10.2. The smallest absolute Gasteiger partial charge is 0.252 e. The Kier molecular flexibility index (Phi) is 4.73. The summed E-state index contributed by atoms with van der Waals surface area (Å²) >= 11 is 11.8. The molecule has 0 aromatic heterocycles. The highest BCUT2D eigenvalue weighted by atomic mass is 35.5. The zero-order valence-electron chi connectivity index (χ0n) is 10.8. The quantitative estimate of drug-likeness (QED) is 0.834. The lowest BCUT2D eigenvalue weighted by molar-refractivity contribution is -0.127. The van der Waals surface area contributed by atoms with Crippen LogP contribution in [0.5, 0.6) is 0 Å². The maximum atomic E-state index is 12.0. The number of nitrogens with zero attached hydrogens (tertiary/aromatic N) is 1. The molecule has 2 amide bonds. The molecule has 0 radical (unpaired) electrons. The van der Waals surface area contributed by atoms with Gasteiger partial charge in [0, 0.05) is 31.1 Å². The van der Waals surface area contributed by atoms with E-state index >= 15 is 0 Å². The predicted octanol–water partition coefficient (Wildman–Crippen LogP) is 1.93. The number of halogens is 2. The van der Waals surface area contributed by atoms with Gasteiger partial charge in [-0.1, -0.05) is 23.2 Å². The average Bonchev–Trinajstić information content (AvgIpc) is 2.79. The first-order valence-electron chi connectivity index (χ1n) is 6.29. The van der Waals surface area contributed by atoms with Gasteiger partial charge in [-0.05, 0) is 18.6 Å². The van der Waals surface area contributed by atoms with Gasteiger partial charge in [-0.15, -0.1) is 0 Å². The first-order chi connectivity index (χ1) is 9.49. The highest BCUT2D eigenvalue weighted by molar-refractivity contribution is 6.38. The maximum Gasteiger partial charge on any atom is 0.252 e. The van der Waals surface area contributed by atoms with Gasteiger partial charge in [0.25, 0.3) is 5.91 Å². The second-order valence-corrected chi connectivity index (χ2v) is 5.41. The summed E-state index contributed by atoms with van der Waals surface area (Å²) in [5.41, 5.74) is 6.16. The molecule has 0 unspecified atom stereocenters. The number of carbonyl (C=O) groups is 2. The van der Waals surface area contributed by atoms with E-state index in [-0.39, 0.29) is 28.1 Å². The van der Waals surface area contributed by atoms with Crippen molar-refractivity contribution in [1.29, 1.82) is 0 Å². The summed E-state index contributed by atoms with van der Waals surface area (Å²) in [4.78, 5) is 25.2. The van der Waals surface area contributed by atoms with E-state index in [9.17, 15) is 9.59 Å². The lowest BCUT2D eigenvalue weighted by Gasteiger charge is -2.16. The highest BCUT2D eigenvalue weighted by Crippen LogP contribution is 2.27. The summed E-state index contributed by atoms with van der Waals surface area (Å²) in [5.74, 6) is -0.222. The monoisotopic (exact) mass is 315 g/mol. The van der Waals surface area contributed by atoms with Gasteiger partial charge in [0.05, 0.1) is 16.3 Å². The molecule has 0 atom stereocenters. The fraction of sp³-hybridized carbons (Fsp3) is 0.385. The van der Waals surface area contributed by atoms with E-state index in [0.717, 1.165) is 13.0 Å². The van der Waals surface area contributed by atoms with E-state index in [4.69, 9.17) is 28.9 Å². The molecule has 0 saturated carbocycles. The summed E-state index contributed by atoms with van der Waals surface area (Å²) in [6, 6.07) is 2.96. The minimum atomic E-state index is -0.351. The van der Waals surface area contributed by atoms with Gasteiger partial charge in [0.15, 0.2) is 0 Å². The van der Waals surface area contributed by atoms with Crippen molar-refractivity contribution in [2.45, 2.75) is 12.8 Å². The standard InChI is InChI=1S/C13H15Cl2N3O2/c14-8-6-9(12(15)10(16)7-8)13(20)17-3-5-18-4-1-2-11(18)19/h6-7H,1-5,16H2,(H,17,20). The molecular weight excluding hydrogens is 301 g/mol. The molecule has 1 aromatic carbocycles. The fourth-order valence-corrected chi connectivity index (χ4v) is 2.54. The number of nitrogens with one attached hydrogen (secondary N) is 1. The van der Waals surface area contributed by atoms with E-state index in [1.807, 2.05) is 0 Å². The summed E-state index contributed by atoms with van der Waals surface area (Å²) in [7, 11) is 0. The highest BCUT2D eigenvalue weighted by Gasteiger charge is 2.20. The molecule has 20 heavy (non-hydrogen) atoms. The Morgan fingerprint density at radius 1 is 1.40 bits per heavy atom. The molecule has 0 aliphatic carbocycles. The Bertz CT molecular complexity index is 549. The van der Waals surface area contributed by atoms with Crippen molar-refractivity contribution >= 4 is 40.7 Å². The number of benzene rings is 1. The van der Waals surface area contributed by atoms with Crippen LogP contribution in [-0.4, -0.2) is 36.3 Å². The topological polar surface area (TPSA) is 75.4 Å². The van der Waals surface area contributed by atoms with Crippen LogP contribution in [-0.2, 0) is 4.79 Å². The first-order valence-corrected chi connectivity index (χ1v) is 7.05. The van der Waals surface area contributed by atoms with Gasteiger partial charge in [-0.3, -0.25) is 9.59 Å². The fourth-order valence-electron chi connectivity index (χ4n) is 2.12. The van der Waals surface area contributed by atoms with E-state index in [1.165, 1.54) is 12.1 Å². The number of carbonyl (C=O) groups excluding carboxylic acids is 2. The van der Waals surface area contributed by atoms with Gasteiger partial charge < -0.3 is 16.0 Å². The van der Waals surface area contributed by atoms with Gasteiger partial charge >= 0.3 is 0 Å². The number of rotatable bonds is 4. The van der Waals surface area contributed by atoms with Crippen molar-refractivity contribution in [2.24, 2.45) is 0 Å². The lowest BCUT2D eigenvalue weighted by Crippen LogP contribution is -2.35. The Hall–Kier alpha value is -1.46. The number of likely N-dealkylation sites (tertiary alicyclic amines) is 1. The van der Waals surface area contributed by atoms with Crippen molar-refractivity contribution < 1.29 is 9.59 Å². The summed E-state index contributed by atoms with van der Waals surface area (Å²) in [6.45, 7) is 1.62. The van der Waals surface area contributed by atoms with Crippen LogP contribution in [0.1, 0.15) is 23.2 Å². The molecule has 108 valence electrons. The van der Waals surface area contributed by atoms with Crippen molar-refractivity contribution in [3.63, 3.8) is 0 Å². The third-order valence-electron chi connectivity index (χ3n) is 3.15. The molecule has 1 aliphatic heterocycles. The molecule has 1 aliphatic rings. The second kappa shape index (κ2) is 6.33. The van der Waals surface area contributed by atoms with E-state index in [0.29, 0.717) is 24.5 Å². The zero-order valence-corrected chi connectivity index (χ0v) is 12.3. The summed E-state index contributed by atoms with van der Waals surface area (Å²) < 4.78 is 0. The minimum Gasteiger partial charge on any atom is -0.397 e. The van der Waals surface area contributed by atoms with Crippen LogP contribution in [0, 0.1) is 0 Å². The van der Waals surface area contributed by atoms with Crippen LogP contribution in [0.3, 0.4) is 0 Å².